The van der Waals surface area contributed by atoms with E-state index in [9.17, 15) is 18.4 Å². The number of hydrogen-bond donors (Lipinski definition) is 3. The molecule has 8 heteroatoms. The topological polar surface area (TPSA) is 73.5 Å². The van der Waals surface area contributed by atoms with Crippen LogP contribution in [0.3, 0.4) is 0 Å². The van der Waals surface area contributed by atoms with Gasteiger partial charge in [-0.1, -0.05) is 51.1 Å². The summed E-state index contributed by atoms with van der Waals surface area (Å²) >= 11 is 0. The van der Waals surface area contributed by atoms with Crippen molar-refractivity contribution in [3.63, 3.8) is 0 Å². The van der Waals surface area contributed by atoms with Gasteiger partial charge in [0, 0.05) is 31.7 Å². The first kappa shape index (κ1) is 23.7. The SMILES string of the molecule is CC(C)(C)[C@H](NC(=O)Nc1cc(F)ccc1F)C(=O)N[C@@H]1CCN(Cc2ccccc2)C1. The van der Waals surface area contributed by atoms with Gasteiger partial charge in [0.05, 0.1) is 5.69 Å². The van der Waals surface area contributed by atoms with Gasteiger partial charge in [-0.3, -0.25) is 9.69 Å². The Morgan fingerprint density at radius 1 is 1.12 bits per heavy atom. The van der Waals surface area contributed by atoms with Crippen LogP contribution in [0.4, 0.5) is 19.3 Å². The molecule has 6 nitrogen and oxygen atoms in total. The van der Waals surface area contributed by atoms with Crippen molar-refractivity contribution >= 4 is 17.6 Å². The molecule has 0 unspecified atom stereocenters. The van der Waals surface area contributed by atoms with Crippen LogP contribution in [-0.2, 0) is 11.3 Å². The lowest BCUT2D eigenvalue weighted by molar-refractivity contribution is -0.125. The Kier molecular flexibility index (Phi) is 7.45. The zero-order valence-electron chi connectivity index (χ0n) is 18.6. The van der Waals surface area contributed by atoms with Crippen molar-refractivity contribution in [2.75, 3.05) is 18.4 Å². The lowest BCUT2D eigenvalue weighted by Crippen LogP contribution is -2.56. The van der Waals surface area contributed by atoms with Crippen molar-refractivity contribution < 1.29 is 18.4 Å². The third kappa shape index (κ3) is 6.50. The van der Waals surface area contributed by atoms with Crippen LogP contribution in [0.1, 0.15) is 32.8 Å². The number of nitrogens with one attached hydrogen (secondary N) is 3. The van der Waals surface area contributed by atoms with Crippen LogP contribution in [0.5, 0.6) is 0 Å². The van der Waals surface area contributed by atoms with E-state index in [1.165, 1.54) is 5.56 Å². The zero-order chi connectivity index (χ0) is 23.3. The molecule has 1 fully saturated rings. The summed E-state index contributed by atoms with van der Waals surface area (Å²) in [4.78, 5) is 27.7. The second-order valence-corrected chi connectivity index (χ2v) is 9.24. The Morgan fingerprint density at radius 2 is 1.84 bits per heavy atom. The lowest BCUT2D eigenvalue weighted by atomic mass is 9.86. The largest absolute Gasteiger partial charge is 0.350 e. The molecule has 0 bridgehead atoms. The van der Waals surface area contributed by atoms with E-state index in [2.05, 4.69) is 33.0 Å². The number of urea groups is 1. The van der Waals surface area contributed by atoms with Gasteiger partial charge < -0.3 is 16.0 Å². The van der Waals surface area contributed by atoms with Gasteiger partial charge in [0.1, 0.15) is 17.7 Å². The Morgan fingerprint density at radius 3 is 2.53 bits per heavy atom. The summed E-state index contributed by atoms with van der Waals surface area (Å²) < 4.78 is 27.2. The smallest absolute Gasteiger partial charge is 0.319 e. The van der Waals surface area contributed by atoms with Crippen LogP contribution in [-0.4, -0.2) is 42.0 Å². The van der Waals surface area contributed by atoms with E-state index in [-0.39, 0.29) is 17.6 Å². The molecule has 3 rings (SSSR count). The fourth-order valence-corrected chi connectivity index (χ4v) is 3.78. The summed E-state index contributed by atoms with van der Waals surface area (Å²) in [6, 6.07) is 11.3. The molecule has 1 aliphatic heterocycles. The van der Waals surface area contributed by atoms with E-state index >= 15 is 0 Å². The van der Waals surface area contributed by atoms with Gasteiger partial charge in [-0.2, -0.15) is 0 Å². The Balaban J connectivity index is 1.58. The normalized spacial score (nSPS) is 17.6. The van der Waals surface area contributed by atoms with Crippen LogP contribution in [0, 0.1) is 17.0 Å². The number of benzene rings is 2. The van der Waals surface area contributed by atoms with E-state index in [4.69, 9.17) is 0 Å². The van der Waals surface area contributed by atoms with E-state index in [1.54, 1.807) is 0 Å². The highest BCUT2D eigenvalue weighted by molar-refractivity contribution is 5.94. The average molecular weight is 445 g/mol. The molecule has 0 aliphatic carbocycles. The molecule has 2 aromatic carbocycles. The first-order chi connectivity index (χ1) is 15.1. The maximum atomic E-state index is 13.8. The summed E-state index contributed by atoms with van der Waals surface area (Å²) in [6.07, 6.45) is 0.816. The van der Waals surface area contributed by atoms with Crippen LogP contribution in [0.15, 0.2) is 48.5 Å². The summed E-state index contributed by atoms with van der Waals surface area (Å²) in [5.74, 6) is -1.74. The van der Waals surface area contributed by atoms with E-state index in [0.29, 0.717) is 0 Å². The van der Waals surface area contributed by atoms with Crippen molar-refractivity contribution in [3.05, 3.63) is 65.7 Å². The molecule has 0 radical (unpaired) electrons. The molecule has 1 aliphatic rings. The van der Waals surface area contributed by atoms with Crippen molar-refractivity contribution in [1.82, 2.24) is 15.5 Å². The maximum Gasteiger partial charge on any atom is 0.319 e. The number of carbonyl (C=O) groups is 2. The minimum absolute atomic E-state index is 0.0263. The Hall–Kier alpha value is -3.00. The van der Waals surface area contributed by atoms with Crippen molar-refractivity contribution in [1.29, 1.82) is 0 Å². The molecule has 2 aromatic rings. The monoisotopic (exact) mass is 444 g/mol. The number of halogens is 2. The second-order valence-electron chi connectivity index (χ2n) is 9.24. The van der Waals surface area contributed by atoms with Gasteiger partial charge in [-0.25, -0.2) is 13.6 Å². The Bertz CT molecular complexity index is 947. The van der Waals surface area contributed by atoms with E-state index in [0.717, 1.165) is 44.3 Å². The van der Waals surface area contributed by atoms with Crippen molar-refractivity contribution in [3.8, 4) is 0 Å². The van der Waals surface area contributed by atoms with Crippen LogP contribution in [0.2, 0.25) is 0 Å². The molecule has 172 valence electrons. The maximum absolute atomic E-state index is 13.8. The van der Waals surface area contributed by atoms with Gasteiger partial charge in [0.2, 0.25) is 5.91 Å². The first-order valence-electron chi connectivity index (χ1n) is 10.7. The van der Waals surface area contributed by atoms with Gasteiger partial charge >= 0.3 is 6.03 Å². The molecule has 32 heavy (non-hydrogen) atoms. The first-order valence-corrected chi connectivity index (χ1v) is 10.7. The van der Waals surface area contributed by atoms with Gasteiger partial charge in [-0.15, -0.1) is 0 Å². The van der Waals surface area contributed by atoms with Gasteiger partial charge in [-0.05, 0) is 29.5 Å². The average Bonchev–Trinajstić information content (AvgIpc) is 3.15. The van der Waals surface area contributed by atoms with Gasteiger partial charge in [0.25, 0.3) is 0 Å². The van der Waals surface area contributed by atoms with Crippen molar-refractivity contribution in [2.45, 2.75) is 45.8 Å². The number of hydrogen-bond acceptors (Lipinski definition) is 3. The highest BCUT2D eigenvalue weighted by Gasteiger charge is 2.35. The molecule has 3 N–H and O–H groups in total. The molecule has 1 heterocycles. The van der Waals surface area contributed by atoms with Crippen molar-refractivity contribution in [2.24, 2.45) is 5.41 Å². The number of rotatable bonds is 6. The number of likely N-dealkylation sites (tertiary alicyclic amines) is 1. The molecule has 0 aromatic heterocycles. The summed E-state index contributed by atoms with van der Waals surface area (Å²) in [5.41, 5.74) is 0.336. The van der Waals surface area contributed by atoms with Crippen LogP contribution < -0.4 is 16.0 Å². The molecular formula is C24H30F2N4O2. The highest BCUT2D eigenvalue weighted by atomic mass is 19.1. The number of amides is 3. The fourth-order valence-electron chi connectivity index (χ4n) is 3.78. The summed E-state index contributed by atoms with van der Waals surface area (Å²) in [6.45, 7) is 7.89. The zero-order valence-corrected chi connectivity index (χ0v) is 18.6. The molecule has 1 saturated heterocycles. The third-order valence-electron chi connectivity index (χ3n) is 5.45. The Labute approximate surface area is 187 Å². The quantitative estimate of drug-likeness (QED) is 0.633. The van der Waals surface area contributed by atoms with Gasteiger partial charge in [0.15, 0.2) is 0 Å². The summed E-state index contributed by atoms with van der Waals surface area (Å²) in [7, 11) is 0. The number of anilines is 1. The minimum Gasteiger partial charge on any atom is -0.350 e. The molecule has 0 saturated carbocycles. The fraction of sp³-hybridized carbons (Fsp3) is 0.417. The molecule has 0 spiro atoms. The lowest BCUT2D eigenvalue weighted by Gasteiger charge is -2.31. The van der Waals surface area contributed by atoms with E-state index in [1.807, 2.05) is 39.0 Å². The molecule has 3 amide bonds. The number of carbonyl (C=O) groups excluding carboxylic acids is 2. The molecule has 2 atom stereocenters. The number of nitrogens with zero attached hydrogens (tertiary/aromatic N) is 1. The van der Waals surface area contributed by atoms with E-state index < -0.39 is 29.1 Å². The molecular weight excluding hydrogens is 414 g/mol. The predicted molar refractivity (Wildman–Crippen MR) is 120 cm³/mol. The minimum atomic E-state index is -0.859. The standard InChI is InChI=1S/C24H30F2N4O2/c1-24(2,3)21(29-23(32)28-20-13-17(25)9-10-19(20)26)22(31)27-18-11-12-30(15-18)14-16-7-5-4-6-8-16/h4-10,13,18,21H,11-12,14-15H2,1-3H3,(H,27,31)(H2,28,29,32)/t18-,21-/m1/s1. The summed E-state index contributed by atoms with van der Waals surface area (Å²) in [5, 5.41) is 7.93. The van der Waals surface area contributed by atoms with Crippen LogP contribution in [0.25, 0.3) is 0 Å². The predicted octanol–water partition coefficient (Wildman–Crippen LogP) is 3.89. The second kappa shape index (κ2) is 10.1. The highest BCUT2D eigenvalue weighted by Crippen LogP contribution is 2.22. The third-order valence-corrected chi connectivity index (χ3v) is 5.45. The van der Waals surface area contributed by atoms with Crippen LogP contribution >= 0.6 is 0 Å².